The fourth-order valence-corrected chi connectivity index (χ4v) is 3.18. The highest BCUT2D eigenvalue weighted by Gasteiger charge is 2.30. The lowest BCUT2D eigenvalue weighted by molar-refractivity contribution is 0.138. The zero-order chi connectivity index (χ0) is 18.1. The minimum atomic E-state index is -0.318. The van der Waals surface area contributed by atoms with Gasteiger partial charge in [0.05, 0.1) is 17.6 Å². The fraction of sp³-hybridized carbons (Fsp3) is 0.200. The number of aromatic nitrogens is 2. The first-order chi connectivity index (χ1) is 12.5. The van der Waals surface area contributed by atoms with Crippen LogP contribution in [-0.2, 0) is 6.42 Å². The smallest absolute Gasteiger partial charge is 0.323 e. The molecule has 4 rings (SSSR count). The summed E-state index contributed by atoms with van der Waals surface area (Å²) >= 11 is 0. The number of nitrogens with zero attached hydrogens (tertiary/aromatic N) is 1. The maximum absolute atomic E-state index is 12.4. The normalized spacial score (nSPS) is 14.4. The predicted molar refractivity (Wildman–Crippen MR) is 102 cm³/mol. The van der Waals surface area contributed by atoms with Crippen molar-refractivity contribution >= 4 is 17.4 Å². The predicted octanol–water partition coefficient (Wildman–Crippen LogP) is 4.43. The molecule has 132 valence electrons. The lowest BCUT2D eigenvalue weighted by Crippen LogP contribution is -2.24. The minimum absolute atomic E-state index is 0.204. The highest BCUT2D eigenvalue weighted by Crippen LogP contribution is 2.36. The third-order valence-corrected chi connectivity index (χ3v) is 4.27. The molecule has 0 saturated carbocycles. The number of aromatic amines is 1. The number of nitrogens with one attached hydrogen (secondary N) is 3. The fourth-order valence-electron chi connectivity index (χ4n) is 3.18. The first kappa shape index (κ1) is 16.2. The van der Waals surface area contributed by atoms with Gasteiger partial charge in [-0.25, -0.2) is 4.79 Å². The first-order valence-corrected chi connectivity index (χ1v) is 8.49. The van der Waals surface area contributed by atoms with Gasteiger partial charge in [0, 0.05) is 23.2 Å². The molecule has 0 aliphatic carbocycles. The Morgan fingerprint density at radius 1 is 1.15 bits per heavy atom. The van der Waals surface area contributed by atoms with E-state index in [1.807, 2.05) is 48.5 Å². The van der Waals surface area contributed by atoms with Gasteiger partial charge in [0.25, 0.3) is 0 Å². The van der Waals surface area contributed by atoms with E-state index < -0.39 is 0 Å². The van der Waals surface area contributed by atoms with Gasteiger partial charge in [-0.05, 0) is 32.0 Å². The Kier molecular flexibility index (Phi) is 3.88. The summed E-state index contributed by atoms with van der Waals surface area (Å²) in [6.45, 7) is 4.10. The average molecular weight is 348 g/mol. The van der Waals surface area contributed by atoms with E-state index in [0.717, 1.165) is 34.7 Å². The molecule has 0 atom stereocenters. The molecule has 0 bridgehead atoms. The molecule has 0 spiro atoms. The van der Waals surface area contributed by atoms with Crippen LogP contribution in [-0.4, -0.2) is 21.8 Å². The zero-order valence-electron chi connectivity index (χ0n) is 14.7. The van der Waals surface area contributed by atoms with Crippen LogP contribution >= 0.6 is 0 Å². The van der Waals surface area contributed by atoms with Crippen molar-refractivity contribution in [2.24, 2.45) is 0 Å². The molecule has 0 saturated heterocycles. The van der Waals surface area contributed by atoms with Crippen molar-refractivity contribution in [3.05, 3.63) is 60.3 Å². The summed E-state index contributed by atoms with van der Waals surface area (Å²) in [6.07, 6.45) is 2.42. The molecule has 1 aliphatic rings. The second-order valence-corrected chi connectivity index (χ2v) is 6.96. The Morgan fingerprint density at radius 3 is 2.77 bits per heavy atom. The highest BCUT2D eigenvalue weighted by molar-refractivity contribution is 6.01. The topological polar surface area (TPSA) is 79.0 Å². The maximum atomic E-state index is 12.4. The van der Waals surface area contributed by atoms with Crippen LogP contribution in [0, 0.1) is 0 Å². The van der Waals surface area contributed by atoms with Gasteiger partial charge < -0.3 is 15.4 Å². The lowest BCUT2D eigenvalue weighted by Gasteiger charge is -2.16. The molecule has 6 nitrogen and oxygen atoms in total. The Balaban J connectivity index is 1.47. The minimum Gasteiger partial charge on any atom is -0.487 e. The van der Waals surface area contributed by atoms with Crippen LogP contribution < -0.4 is 15.4 Å². The number of hydrogen-bond acceptors (Lipinski definition) is 3. The first-order valence-electron chi connectivity index (χ1n) is 8.49. The van der Waals surface area contributed by atoms with E-state index in [1.165, 1.54) is 0 Å². The van der Waals surface area contributed by atoms with E-state index in [-0.39, 0.29) is 11.6 Å². The summed E-state index contributed by atoms with van der Waals surface area (Å²) in [5.41, 5.74) is 3.97. The number of rotatable bonds is 3. The SMILES string of the molecule is CC1(C)Cc2cc(NC(=O)Nc3cn[nH]c3-c3ccccc3)ccc2O1. The van der Waals surface area contributed by atoms with Gasteiger partial charge in [0.2, 0.25) is 0 Å². The number of carbonyl (C=O) groups excluding carboxylic acids is 1. The van der Waals surface area contributed by atoms with Gasteiger partial charge in [-0.2, -0.15) is 5.10 Å². The van der Waals surface area contributed by atoms with Crippen molar-refractivity contribution < 1.29 is 9.53 Å². The van der Waals surface area contributed by atoms with E-state index >= 15 is 0 Å². The summed E-state index contributed by atoms with van der Waals surface area (Å²) < 4.78 is 5.86. The van der Waals surface area contributed by atoms with Gasteiger partial charge in [0.15, 0.2) is 0 Å². The second-order valence-electron chi connectivity index (χ2n) is 6.96. The van der Waals surface area contributed by atoms with Gasteiger partial charge >= 0.3 is 6.03 Å². The average Bonchev–Trinajstić information content (AvgIpc) is 3.17. The molecule has 26 heavy (non-hydrogen) atoms. The Labute approximate surface area is 151 Å². The van der Waals surface area contributed by atoms with E-state index in [9.17, 15) is 4.79 Å². The lowest BCUT2D eigenvalue weighted by atomic mass is 10.0. The van der Waals surface area contributed by atoms with Crippen LogP contribution in [0.25, 0.3) is 11.3 Å². The van der Waals surface area contributed by atoms with Crippen molar-refractivity contribution in [3.8, 4) is 17.0 Å². The second kappa shape index (κ2) is 6.22. The number of anilines is 2. The van der Waals surface area contributed by atoms with Crippen molar-refractivity contribution in [2.75, 3.05) is 10.6 Å². The molecule has 0 fully saturated rings. The van der Waals surface area contributed by atoms with Gasteiger partial charge in [-0.1, -0.05) is 30.3 Å². The van der Waals surface area contributed by atoms with Crippen LogP contribution in [0.4, 0.5) is 16.2 Å². The molecule has 0 radical (unpaired) electrons. The Hall–Kier alpha value is -3.28. The summed E-state index contributed by atoms with van der Waals surface area (Å²) in [4.78, 5) is 12.4. The van der Waals surface area contributed by atoms with Crippen molar-refractivity contribution in [3.63, 3.8) is 0 Å². The van der Waals surface area contributed by atoms with Crippen LogP contribution in [0.2, 0.25) is 0 Å². The third-order valence-electron chi connectivity index (χ3n) is 4.27. The number of carbonyl (C=O) groups is 1. The van der Waals surface area contributed by atoms with E-state index in [0.29, 0.717) is 5.69 Å². The van der Waals surface area contributed by atoms with Gasteiger partial charge in [-0.3, -0.25) is 5.10 Å². The molecular weight excluding hydrogens is 328 g/mol. The number of fused-ring (bicyclic) bond motifs is 1. The molecule has 3 aromatic rings. The summed E-state index contributed by atoms with van der Waals surface area (Å²) in [7, 11) is 0. The van der Waals surface area contributed by atoms with Gasteiger partial charge in [-0.15, -0.1) is 0 Å². The van der Waals surface area contributed by atoms with E-state index in [1.54, 1.807) is 6.20 Å². The van der Waals surface area contributed by atoms with Crippen molar-refractivity contribution in [1.29, 1.82) is 0 Å². The number of amides is 2. The van der Waals surface area contributed by atoms with Crippen LogP contribution in [0.5, 0.6) is 5.75 Å². The molecule has 2 amide bonds. The quantitative estimate of drug-likeness (QED) is 0.655. The number of hydrogen-bond donors (Lipinski definition) is 3. The van der Waals surface area contributed by atoms with E-state index in [2.05, 4.69) is 34.7 Å². The van der Waals surface area contributed by atoms with E-state index in [4.69, 9.17) is 4.74 Å². The highest BCUT2D eigenvalue weighted by atomic mass is 16.5. The standard InChI is InChI=1S/C20H20N4O2/c1-20(2)11-14-10-15(8-9-17(14)26-20)22-19(25)23-16-12-21-24-18(16)13-6-4-3-5-7-13/h3-10,12H,11H2,1-2H3,(H,21,24)(H2,22,23,25). The molecular formula is C20H20N4O2. The van der Waals surface area contributed by atoms with Crippen LogP contribution in [0.3, 0.4) is 0 Å². The largest absolute Gasteiger partial charge is 0.487 e. The summed E-state index contributed by atoms with van der Waals surface area (Å²) in [5.74, 6) is 0.877. The zero-order valence-corrected chi connectivity index (χ0v) is 14.7. The Morgan fingerprint density at radius 2 is 1.96 bits per heavy atom. The Bertz CT molecular complexity index is 947. The summed E-state index contributed by atoms with van der Waals surface area (Å²) in [6, 6.07) is 15.1. The molecule has 1 aromatic heterocycles. The molecule has 1 aliphatic heterocycles. The molecule has 3 N–H and O–H groups in total. The molecule has 6 heteroatoms. The van der Waals surface area contributed by atoms with Crippen LogP contribution in [0.15, 0.2) is 54.7 Å². The maximum Gasteiger partial charge on any atom is 0.323 e. The molecule has 0 unspecified atom stereocenters. The number of urea groups is 1. The number of benzene rings is 2. The number of ether oxygens (including phenoxy) is 1. The number of H-pyrrole nitrogens is 1. The molecule has 2 aromatic carbocycles. The monoisotopic (exact) mass is 348 g/mol. The van der Waals surface area contributed by atoms with Crippen LogP contribution in [0.1, 0.15) is 19.4 Å². The summed E-state index contributed by atoms with van der Waals surface area (Å²) in [5, 5.41) is 12.7. The van der Waals surface area contributed by atoms with Gasteiger partial charge in [0.1, 0.15) is 11.4 Å². The third kappa shape index (κ3) is 3.26. The van der Waals surface area contributed by atoms with Crippen molar-refractivity contribution in [1.82, 2.24) is 10.2 Å². The molecule has 2 heterocycles. The van der Waals surface area contributed by atoms with Crippen molar-refractivity contribution in [2.45, 2.75) is 25.9 Å².